The fourth-order valence-corrected chi connectivity index (χ4v) is 6.61. The predicted octanol–water partition coefficient (Wildman–Crippen LogP) is 6.67. The lowest BCUT2D eigenvalue weighted by atomic mass is 9.91. The number of amides is 1. The normalized spacial score (nSPS) is 18.9. The Balaban J connectivity index is 1.57. The van der Waals surface area contributed by atoms with Crippen molar-refractivity contribution in [2.45, 2.75) is 17.9 Å². The van der Waals surface area contributed by atoms with Crippen LogP contribution < -0.4 is 4.90 Å². The highest BCUT2D eigenvalue weighted by Crippen LogP contribution is 2.45. The van der Waals surface area contributed by atoms with Crippen LogP contribution in [0.5, 0.6) is 0 Å². The highest BCUT2D eigenvalue weighted by molar-refractivity contribution is 7.82. The number of aryl methyl sites for hydroxylation is 1. The first-order chi connectivity index (χ1) is 17.0. The second-order valence-electron chi connectivity index (χ2n) is 8.62. The standard InChI is InChI=1S/C29H26N2O2S2/c1-21-13-15-26(16-14-21)35(33)30-19-22(2)27(28(30)23-17-18-34-20-23)29(32)31(24-9-5-3-6-10-24)25-11-7-4-8-12-25/h3-18,20,27-28H,2,19H2,1H3/t27-,28+,35+/m1/s1. The van der Waals surface area contributed by atoms with E-state index in [9.17, 15) is 9.00 Å². The van der Waals surface area contributed by atoms with Crippen molar-refractivity contribution in [2.75, 3.05) is 11.4 Å². The molecule has 176 valence electrons. The summed E-state index contributed by atoms with van der Waals surface area (Å²) >= 11 is 1.57. The maximum absolute atomic E-state index is 14.4. The Hall–Kier alpha value is -3.32. The van der Waals surface area contributed by atoms with Crippen LogP contribution in [0.25, 0.3) is 0 Å². The summed E-state index contributed by atoms with van der Waals surface area (Å²) in [6, 6.07) is 28.7. The minimum Gasteiger partial charge on any atom is -0.280 e. The van der Waals surface area contributed by atoms with Gasteiger partial charge in [-0.1, -0.05) is 60.7 Å². The number of anilines is 2. The number of para-hydroxylation sites is 2. The fraction of sp³-hybridized carbons (Fsp3) is 0.138. The van der Waals surface area contributed by atoms with Gasteiger partial charge in [-0.15, -0.1) is 0 Å². The second kappa shape index (κ2) is 10.1. The fourth-order valence-electron chi connectivity index (χ4n) is 4.55. The van der Waals surface area contributed by atoms with Crippen molar-refractivity contribution in [1.29, 1.82) is 0 Å². The van der Waals surface area contributed by atoms with Crippen molar-refractivity contribution in [2.24, 2.45) is 5.92 Å². The molecule has 0 N–H and O–H groups in total. The van der Waals surface area contributed by atoms with E-state index in [0.717, 1.165) is 33.0 Å². The Morgan fingerprint density at radius 3 is 2.09 bits per heavy atom. The van der Waals surface area contributed by atoms with Crippen LogP contribution >= 0.6 is 11.3 Å². The minimum atomic E-state index is -1.44. The van der Waals surface area contributed by atoms with Crippen molar-refractivity contribution < 1.29 is 9.00 Å². The molecule has 1 aliphatic heterocycles. The molecule has 1 fully saturated rings. The Morgan fingerprint density at radius 2 is 1.54 bits per heavy atom. The molecule has 1 aromatic heterocycles. The molecule has 4 nitrogen and oxygen atoms in total. The highest BCUT2D eigenvalue weighted by atomic mass is 32.2. The Morgan fingerprint density at radius 1 is 0.943 bits per heavy atom. The number of carbonyl (C=O) groups is 1. The van der Waals surface area contributed by atoms with E-state index >= 15 is 0 Å². The molecule has 3 atom stereocenters. The lowest BCUT2D eigenvalue weighted by molar-refractivity contribution is -0.121. The minimum absolute atomic E-state index is 0.0768. The van der Waals surface area contributed by atoms with Crippen molar-refractivity contribution >= 4 is 39.6 Å². The van der Waals surface area contributed by atoms with Gasteiger partial charge in [-0.05, 0) is 71.3 Å². The van der Waals surface area contributed by atoms with Crippen molar-refractivity contribution in [3.8, 4) is 0 Å². The Labute approximate surface area is 212 Å². The zero-order valence-corrected chi connectivity index (χ0v) is 21.0. The molecule has 0 bridgehead atoms. The van der Waals surface area contributed by atoms with Gasteiger partial charge in [0.25, 0.3) is 0 Å². The Bertz CT molecular complexity index is 1300. The van der Waals surface area contributed by atoms with Gasteiger partial charge in [0.2, 0.25) is 5.91 Å². The van der Waals surface area contributed by atoms with Crippen LogP contribution in [0, 0.1) is 12.8 Å². The summed E-state index contributed by atoms with van der Waals surface area (Å²) in [4.78, 5) is 16.8. The average molecular weight is 499 g/mol. The number of rotatable bonds is 6. The quantitative estimate of drug-likeness (QED) is 0.279. The molecular formula is C29H26N2O2S2. The summed E-state index contributed by atoms with van der Waals surface area (Å²) in [6.07, 6.45) is 0. The maximum atomic E-state index is 14.4. The van der Waals surface area contributed by atoms with E-state index in [4.69, 9.17) is 0 Å². The van der Waals surface area contributed by atoms with Crippen LogP contribution in [-0.4, -0.2) is 21.0 Å². The summed E-state index contributed by atoms with van der Waals surface area (Å²) in [5.74, 6) is -0.619. The van der Waals surface area contributed by atoms with Gasteiger partial charge in [-0.25, -0.2) is 8.51 Å². The first-order valence-electron chi connectivity index (χ1n) is 11.4. The molecule has 4 aromatic rings. The smallest absolute Gasteiger partial charge is 0.240 e. The number of hydrogen-bond acceptors (Lipinski definition) is 3. The van der Waals surface area contributed by atoms with Crippen molar-refractivity contribution in [3.05, 3.63) is 125 Å². The molecular weight excluding hydrogens is 472 g/mol. The molecule has 1 aliphatic rings. The van der Waals surface area contributed by atoms with Crippen LogP contribution in [0.2, 0.25) is 0 Å². The van der Waals surface area contributed by atoms with Gasteiger partial charge in [0.05, 0.1) is 16.9 Å². The molecule has 0 radical (unpaired) electrons. The highest BCUT2D eigenvalue weighted by Gasteiger charge is 2.47. The van der Waals surface area contributed by atoms with E-state index in [-0.39, 0.29) is 11.9 Å². The van der Waals surface area contributed by atoms with E-state index in [0.29, 0.717) is 6.54 Å². The number of hydrogen-bond donors (Lipinski definition) is 0. The van der Waals surface area contributed by atoms with E-state index in [1.165, 1.54) is 0 Å². The molecule has 6 heteroatoms. The van der Waals surface area contributed by atoms with E-state index < -0.39 is 16.9 Å². The van der Waals surface area contributed by atoms with Gasteiger partial charge in [0.1, 0.15) is 11.0 Å². The van der Waals surface area contributed by atoms with Gasteiger partial charge in [-0.2, -0.15) is 11.3 Å². The van der Waals surface area contributed by atoms with Crippen molar-refractivity contribution in [3.63, 3.8) is 0 Å². The molecule has 2 heterocycles. The third kappa shape index (κ3) is 4.65. The van der Waals surface area contributed by atoms with Crippen LogP contribution in [0.4, 0.5) is 11.4 Å². The molecule has 3 aromatic carbocycles. The van der Waals surface area contributed by atoms with Gasteiger partial charge in [0.15, 0.2) is 0 Å². The van der Waals surface area contributed by atoms with E-state index in [2.05, 4.69) is 6.58 Å². The van der Waals surface area contributed by atoms with Crippen LogP contribution in [-0.2, 0) is 15.8 Å². The van der Waals surface area contributed by atoms with Gasteiger partial charge < -0.3 is 0 Å². The van der Waals surface area contributed by atoms with Crippen LogP contribution in [0.3, 0.4) is 0 Å². The number of carbonyl (C=O) groups excluding carboxylic acids is 1. The number of benzene rings is 3. The average Bonchev–Trinajstić information content (AvgIpc) is 3.53. The second-order valence-corrected chi connectivity index (χ2v) is 10.8. The number of nitrogens with zero attached hydrogens (tertiary/aromatic N) is 2. The molecule has 5 rings (SSSR count). The van der Waals surface area contributed by atoms with Crippen molar-refractivity contribution in [1.82, 2.24) is 4.31 Å². The van der Waals surface area contributed by atoms with Crippen LogP contribution in [0.15, 0.2) is 119 Å². The third-order valence-electron chi connectivity index (χ3n) is 6.26. The summed E-state index contributed by atoms with van der Waals surface area (Å²) in [6.45, 7) is 6.70. The zero-order chi connectivity index (χ0) is 24.4. The molecule has 1 saturated heterocycles. The Kier molecular flexibility index (Phi) is 6.77. The molecule has 0 saturated carbocycles. The predicted molar refractivity (Wildman–Crippen MR) is 144 cm³/mol. The summed E-state index contributed by atoms with van der Waals surface area (Å²) in [5, 5.41) is 4.04. The van der Waals surface area contributed by atoms with Crippen LogP contribution in [0.1, 0.15) is 17.2 Å². The molecule has 0 unspecified atom stereocenters. The zero-order valence-electron chi connectivity index (χ0n) is 19.4. The van der Waals surface area contributed by atoms with Gasteiger partial charge >= 0.3 is 0 Å². The van der Waals surface area contributed by atoms with Gasteiger partial charge in [-0.3, -0.25) is 9.69 Å². The van der Waals surface area contributed by atoms with Gasteiger partial charge in [0, 0.05) is 17.9 Å². The molecule has 1 amide bonds. The summed E-state index contributed by atoms with van der Waals surface area (Å²) in [5.41, 5.74) is 4.44. The first-order valence-corrected chi connectivity index (χ1v) is 13.5. The molecule has 0 spiro atoms. The molecule has 0 aliphatic carbocycles. The SMILES string of the molecule is C=C1CN([S@@](=O)c2ccc(C)cc2)[C@@H](c2ccsc2)[C@@H]1C(=O)N(c1ccccc1)c1ccccc1. The van der Waals surface area contributed by atoms with E-state index in [1.807, 2.05) is 113 Å². The van der Waals surface area contributed by atoms with E-state index in [1.54, 1.807) is 16.2 Å². The summed E-state index contributed by atoms with van der Waals surface area (Å²) < 4.78 is 15.7. The third-order valence-corrected chi connectivity index (χ3v) is 8.42. The largest absolute Gasteiger partial charge is 0.280 e. The first kappa shape index (κ1) is 23.4. The summed E-state index contributed by atoms with van der Waals surface area (Å²) in [7, 11) is -1.44. The monoisotopic (exact) mass is 498 g/mol. The lowest BCUT2D eigenvalue weighted by Crippen LogP contribution is -2.37. The molecule has 35 heavy (non-hydrogen) atoms. The number of thiophene rings is 1. The lowest BCUT2D eigenvalue weighted by Gasteiger charge is -2.30. The maximum Gasteiger partial charge on any atom is 0.240 e. The topological polar surface area (TPSA) is 40.6 Å².